The normalized spacial score (nSPS) is 34.8. The molecular weight excluding hydrogens is 927 g/mol. The number of esters is 4. The molecule has 0 radical (unpaired) electrons. The van der Waals surface area contributed by atoms with Crippen molar-refractivity contribution in [2.45, 2.75) is 133 Å². The number of rotatable bonds is 12. The fourth-order valence-electron chi connectivity index (χ4n) is 11.4. The summed E-state index contributed by atoms with van der Waals surface area (Å²) in [5.41, 5.74) is -7.76. The van der Waals surface area contributed by atoms with Gasteiger partial charge in [-0.1, -0.05) is 80.6 Å². The van der Waals surface area contributed by atoms with Gasteiger partial charge in [0.2, 0.25) is 0 Å². The molecule has 4 fully saturated rings. The molecule has 19 nitrogen and oxygen atoms in total. The third-order valence-corrected chi connectivity index (χ3v) is 15.2. The summed E-state index contributed by atoms with van der Waals surface area (Å²) >= 11 is 0. The zero-order valence-electron chi connectivity index (χ0n) is 40.0. The molecule has 380 valence electrons. The van der Waals surface area contributed by atoms with Gasteiger partial charge in [-0.15, -0.1) is 0 Å². The zero-order valence-corrected chi connectivity index (χ0v) is 40.0. The molecule has 3 aromatic rings. The molecule has 8 rings (SSSR count). The molecular formula is C52H59NO18. The second-order valence-electron chi connectivity index (χ2n) is 19.7. The number of benzene rings is 3. The third kappa shape index (κ3) is 8.96. The lowest BCUT2D eigenvalue weighted by Crippen LogP contribution is -2.82. The number of carbonyl (C=O) groups is 6. The summed E-state index contributed by atoms with van der Waals surface area (Å²) < 4.78 is 43.1. The summed E-state index contributed by atoms with van der Waals surface area (Å²) in [6.45, 7) is 7.24. The Morgan fingerprint density at radius 3 is 1.97 bits per heavy atom. The lowest BCUT2D eigenvalue weighted by atomic mass is 9.44. The fraction of sp³-hybridized carbons (Fsp3) is 0.500. The maximum absolute atomic E-state index is 16.2. The number of aliphatic hydroxyl groups excluding tert-OH is 4. The highest BCUT2D eigenvalue weighted by atomic mass is 16.7. The van der Waals surface area contributed by atoms with E-state index in [0.717, 1.165) is 13.8 Å². The standard InChI is InChI=1S/C52H59NO18/c1-26-33(68-47(63)39(58)37(29-16-10-7-11-17-29)53-45(61)30-18-12-8-13-19-30)23-52(64)44(70-46(62)31-20-14-9-15-21-31)42-50(6,43(60)41(67-27(2)54)36(26)49(52,4)5)34(22-35-51(42,25-66-35)71-28(3)55)69-48-40(59)38(57)32(56)24-65-48/h7-21,32-35,37-42,44,48,56-59,64H,22-25H2,1-6H3,(H,53,61)/t32-,33+,34?,35?,37+,38+,39-,40-,41?,42?,44+,48+,50?,51+,52?/m1/s1. The van der Waals surface area contributed by atoms with Gasteiger partial charge in [-0.25, -0.2) is 9.59 Å². The van der Waals surface area contributed by atoms with E-state index >= 15 is 4.79 Å². The van der Waals surface area contributed by atoms with Crippen molar-refractivity contribution < 1.29 is 87.5 Å². The van der Waals surface area contributed by atoms with Crippen molar-refractivity contribution in [1.82, 2.24) is 5.32 Å². The van der Waals surface area contributed by atoms with Crippen molar-refractivity contribution >= 4 is 35.6 Å². The first-order valence-corrected chi connectivity index (χ1v) is 23.4. The van der Waals surface area contributed by atoms with E-state index in [-0.39, 0.29) is 28.7 Å². The van der Waals surface area contributed by atoms with Crippen LogP contribution in [-0.2, 0) is 52.3 Å². The maximum atomic E-state index is 16.2. The molecule has 2 bridgehead atoms. The Labute approximate surface area is 409 Å². The van der Waals surface area contributed by atoms with E-state index in [1.807, 2.05) is 0 Å². The van der Waals surface area contributed by atoms with Gasteiger partial charge >= 0.3 is 23.9 Å². The summed E-state index contributed by atoms with van der Waals surface area (Å²) in [7, 11) is 0. The first-order chi connectivity index (χ1) is 33.6. The number of aliphatic hydroxyl groups is 5. The molecule has 1 amide bonds. The van der Waals surface area contributed by atoms with Gasteiger partial charge in [0.1, 0.15) is 42.2 Å². The van der Waals surface area contributed by atoms with Crippen LogP contribution < -0.4 is 5.32 Å². The van der Waals surface area contributed by atoms with Gasteiger partial charge in [-0.3, -0.25) is 19.2 Å². The number of amides is 1. The van der Waals surface area contributed by atoms with Crippen LogP contribution in [0.1, 0.15) is 86.7 Å². The van der Waals surface area contributed by atoms with Crippen LogP contribution in [0.5, 0.6) is 0 Å². The third-order valence-electron chi connectivity index (χ3n) is 15.2. The summed E-state index contributed by atoms with van der Waals surface area (Å²) in [5, 5.41) is 60.8. The Hall–Kier alpha value is -5.90. The van der Waals surface area contributed by atoms with Crippen molar-refractivity contribution in [3.63, 3.8) is 0 Å². The van der Waals surface area contributed by atoms with Gasteiger partial charge < -0.3 is 64.0 Å². The van der Waals surface area contributed by atoms with Crippen LogP contribution in [0.4, 0.5) is 0 Å². The molecule has 71 heavy (non-hydrogen) atoms. The molecule has 19 heteroatoms. The summed E-state index contributed by atoms with van der Waals surface area (Å²) in [6, 6.07) is 22.6. The molecule has 2 heterocycles. The largest absolute Gasteiger partial charge is 0.456 e. The summed E-state index contributed by atoms with van der Waals surface area (Å²) in [6.07, 6.45) is -17.9. The van der Waals surface area contributed by atoms with Crippen LogP contribution in [0.15, 0.2) is 102 Å². The van der Waals surface area contributed by atoms with E-state index in [0.29, 0.717) is 5.56 Å². The minimum Gasteiger partial charge on any atom is -0.456 e. The van der Waals surface area contributed by atoms with Crippen LogP contribution in [-0.4, -0.2) is 147 Å². The van der Waals surface area contributed by atoms with Crippen LogP contribution in [0.3, 0.4) is 0 Å². The molecule has 6 N–H and O–H groups in total. The second kappa shape index (κ2) is 19.6. The summed E-state index contributed by atoms with van der Waals surface area (Å²) in [4.78, 5) is 85.6. The Kier molecular flexibility index (Phi) is 14.2. The highest BCUT2D eigenvalue weighted by Crippen LogP contribution is 2.65. The summed E-state index contributed by atoms with van der Waals surface area (Å²) in [5.74, 6) is -7.31. The average Bonchev–Trinajstić information content (AvgIpc) is 3.34. The van der Waals surface area contributed by atoms with E-state index in [9.17, 15) is 49.5 Å². The number of nitrogens with one attached hydrogen (secondary N) is 1. The van der Waals surface area contributed by atoms with Crippen LogP contribution >= 0.6 is 0 Å². The molecule has 3 aromatic carbocycles. The second-order valence-corrected chi connectivity index (χ2v) is 19.7. The number of ether oxygens (including phenoxy) is 7. The van der Waals surface area contributed by atoms with E-state index in [1.165, 1.54) is 39.8 Å². The quantitative estimate of drug-likeness (QED) is 0.0862. The van der Waals surface area contributed by atoms with Gasteiger partial charge in [-0.2, -0.15) is 0 Å². The Morgan fingerprint density at radius 1 is 0.789 bits per heavy atom. The Morgan fingerprint density at radius 2 is 1.39 bits per heavy atom. The van der Waals surface area contributed by atoms with Crippen LogP contribution in [0, 0.1) is 16.7 Å². The highest BCUT2D eigenvalue weighted by Gasteiger charge is 2.79. The number of hydrogen-bond donors (Lipinski definition) is 6. The van der Waals surface area contributed by atoms with Gasteiger partial charge in [-0.05, 0) is 54.8 Å². The van der Waals surface area contributed by atoms with E-state index in [2.05, 4.69) is 5.32 Å². The molecule has 6 unspecified atom stereocenters. The molecule has 3 aliphatic carbocycles. The average molecular weight is 986 g/mol. The number of fused-ring (bicyclic) bond motifs is 5. The van der Waals surface area contributed by atoms with E-state index in [1.54, 1.807) is 78.9 Å². The SMILES string of the molecule is CC(=O)OC1C(=O)C2(C)C(O[C@@H]3OC[C@@H](O)[C@H](O)[C@H]3O)CC3OC[C@@]3(OC(C)=O)C2[C@H](OC(=O)c2ccccc2)C2(O)C[C@H](OC(=O)[C@H](O)[C@@H](NC(=O)c3ccccc3)c3ccccc3)C(C)=C1C2(C)C. The number of Topliss-reactive ketones (excluding diaryl/α,β-unsaturated/α-hetero) is 1. The molecule has 5 aliphatic rings. The molecule has 15 atom stereocenters. The topological polar surface area (TPSA) is 280 Å². The molecule has 0 spiro atoms. The van der Waals surface area contributed by atoms with Crippen molar-refractivity contribution in [1.29, 1.82) is 0 Å². The monoisotopic (exact) mass is 985 g/mol. The lowest BCUT2D eigenvalue weighted by Gasteiger charge is -2.68. The van der Waals surface area contributed by atoms with Gasteiger partial charge in [0, 0.05) is 37.7 Å². The van der Waals surface area contributed by atoms with Crippen LogP contribution in [0.25, 0.3) is 0 Å². The first-order valence-electron chi connectivity index (χ1n) is 23.4. The predicted molar refractivity (Wildman–Crippen MR) is 244 cm³/mol. The Balaban J connectivity index is 1.30. The molecule has 2 aliphatic heterocycles. The van der Waals surface area contributed by atoms with Crippen LogP contribution in [0.2, 0.25) is 0 Å². The number of carbonyl (C=O) groups excluding carboxylic acids is 6. The minimum absolute atomic E-state index is 0.0120. The number of hydrogen-bond acceptors (Lipinski definition) is 18. The van der Waals surface area contributed by atoms with Gasteiger partial charge in [0.15, 0.2) is 29.9 Å². The van der Waals surface area contributed by atoms with E-state index in [4.69, 9.17) is 33.2 Å². The predicted octanol–water partition coefficient (Wildman–Crippen LogP) is 2.20. The van der Waals surface area contributed by atoms with Gasteiger partial charge in [0.25, 0.3) is 5.91 Å². The number of ketones is 1. The highest BCUT2D eigenvalue weighted by molar-refractivity contribution is 5.96. The molecule has 2 saturated heterocycles. The minimum atomic E-state index is -2.51. The zero-order chi connectivity index (χ0) is 51.4. The van der Waals surface area contributed by atoms with Crippen molar-refractivity contribution in [2.24, 2.45) is 16.7 Å². The molecule has 2 saturated carbocycles. The van der Waals surface area contributed by atoms with Crippen molar-refractivity contribution in [3.05, 3.63) is 119 Å². The first kappa shape index (κ1) is 51.5. The van der Waals surface area contributed by atoms with Gasteiger partial charge in [0.05, 0.1) is 42.3 Å². The Bertz CT molecular complexity index is 2560. The maximum Gasteiger partial charge on any atom is 0.338 e. The van der Waals surface area contributed by atoms with E-state index < -0.39 is 150 Å². The molecule has 0 aromatic heterocycles. The van der Waals surface area contributed by atoms with Crippen molar-refractivity contribution in [2.75, 3.05) is 13.2 Å². The lowest BCUT2D eigenvalue weighted by molar-refractivity contribution is -0.366. The van der Waals surface area contributed by atoms with Crippen molar-refractivity contribution in [3.8, 4) is 0 Å². The fourth-order valence-corrected chi connectivity index (χ4v) is 11.4. The smallest absolute Gasteiger partial charge is 0.338 e.